The Balaban J connectivity index is 2.26. The van der Waals surface area contributed by atoms with Crippen LogP contribution in [0, 0.1) is 11.6 Å². The lowest BCUT2D eigenvalue weighted by molar-refractivity contribution is -0.137. The number of hydrogen-bond donors (Lipinski definition) is 2. The first-order valence-electron chi connectivity index (χ1n) is 6.35. The molecule has 2 N–H and O–H groups in total. The van der Waals surface area contributed by atoms with E-state index in [-0.39, 0.29) is 11.1 Å². The normalized spacial score (nSPS) is 11.7. The van der Waals surface area contributed by atoms with Gasteiger partial charge in [0.1, 0.15) is 11.6 Å². The first-order chi connectivity index (χ1) is 10.5. The summed E-state index contributed by atoms with van der Waals surface area (Å²) in [6, 6.07) is 4.53. The van der Waals surface area contributed by atoms with E-state index in [2.05, 4.69) is 10.3 Å². The number of pyridine rings is 1. The van der Waals surface area contributed by atoms with Gasteiger partial charge in [0.15, 0.2) is 0 Å². The van der Waals surface area contributed by atoms with Crippen molar-refractivity contribution in [3.63, 3.8) is 0 Å². The molecule has 7 heteroatoms. The highest BCUT2D eigenvalue weighted by Crippen LogP contribution is 2.21. The second kappa shape index (κ2) is 6.75. The molecule has 0 saturated heterocycles. The van der Waals surface area contributed by atoms with Gasteiger partial charge in [0, 0.05) is 29.6 Å². The summed E-state index contributed by atoms with van der Waals surface area (Å²) in [7, 11) is 0. The summed E-state index contributed by atoms with van der Waals surface area (Å²) in [5.74, 6) is -3.49. The second-order valence-corrected chi connectivity index (χ2v) is 4.53. The number of hydrogen-bond acceptors (Lipinski definition) is 3. The third-order valence-electron chi connectivity index (χ3n) is 2.96. The predicted molar refractivity (Wildman–Crippen MR) is 73.1 cm³/mol. The Morgan fingerprint density at radius 1 is 1.18 bits per heavy atom. The molecule has 0 aliphatic carbocycles. The molecule has 1 unspecified atom stereocenters. The van der Waals surface area contributed by atoms with Gasteiger partial charge in [-0.1, -0.05) is 6.07 Å². The third-order valence-corrected chi connectivity index (χ3v) is 2.96. The van der Waals surface area contributed by atoms with Crippen molar-refractivity contribution < 1.29 is 23.5 Å². The van der Waals surface area contributed by atoms with Crippen LogP contribution in [-0.4, -0.2) is 22.0 Å². The highest BCUT2D eigenvalue weighted by molar-refractivity contribution is 5.94. The minimum absolute atomic E-state index is 0.0915. The molecule has 0 radical (unpaired) electrons. The van der Waals surface area contributed by atoms with Crippen LogP contribution in [0.4, 0.5) is 8.78 Å². The molecule has 1 heterocycles. The van der Waals surface area contributed by atoms with E-state index in [0.717, 1.165) is 12.1 Å². The average molecular weight is 306 g/mol. The van der Waals surface area contributed by atoms with Crippen LogP contribution >= 0.6 is 0 Å². The molecule has 1 aromatic carbocycles. The minimum Gasteiger partial charge on any atom is -0.481 e. The van der Waals surface area contributed by atoms with E-state index >= 15 is 0 Å². The fourth-order valence-corrected chi connectivity index (χ4v) is 1.94. The van der Waals surface area contributed by atoms with Gasteiger partial charge in [-0.05, 0) is 18.2 Å². The van der Waals surface area contributed by atoms with E-state index < -0.39 is 36.0 Å². The number of carboxylic acids is 1. The standard InChI is InChI=1S/C15H12F2N2O3/c16-10-1-2-11(12(17)7-10)13(8-14(20)21)19-15(22)9-3-5-18-6-4-9/h1-7,13H,8H2,(H,19,22)(H,20,21). The number of carbonyl (C=O) groups is 2. The molecular formula is C15H12F2N2O3. The van der Waals surface area contributed by atoms with Gasteiger partial charge in [-0.25, -0.2) is 8.78 Å². The number of aromatic nitrogens is 1. The molecule has 0 aliphatic rings. The largest absolute Gasteiger partial charge is 0.481 e. The fourth-order valence-electron chi connectivity index (χ4n) is 1.94. The lowest BCUT2D eigenvalue weighted by Gasteiger charge is -2.18. The van der Waals surface area contributed by atoms with E-state index in [0.29, 0.717) is 6.07 Å². The second-order valence-electron chi connectivity index (χ2n) is 4.53. The molecule has 114 valence electrons. The summed E-state index contributed by atoms with van der Waals surface area (Å²) >= 11 is 0. The summed E-state index contributed by atoms with van der Waals surface area (Å²) in [5.41, 5.74) is 0.166. The third kappa shape index (κ3) is 3.85. The van der Waals surface area contributed by atoms with Gasteiger partial charge in [0.25, 0.3) is 5.91 Å². The lowest BCUT2D eigenvalue weighted by atomic mass is 10.0. The molecule has 1 atom stereocenters. The maximum absolute atomic E-state index is 13.8. The average Bonchev–Trinajstić information content (AvgIpc) is 2.47. The number of amides is 1. The summed E-state index contributed by atoms with van der Waals surface area (Å²) in [6.45, 7) is 0. The monoisotopic (exact) mass is 306 g/mol. The molecule has 0 saturated carbocycles. The Bertz CT molecular complexity index is 692. The molecule has 0 bridgehead atoms. The zero-order valence-corrected chi connectivity index (χ0v) is 11.3. The van der Waals surface area contributed by atoms with Crippen LogP contribution in [0.3, 0.4) is 0 Å². The molecule has 5 nitrogen and oxygen atoms in total. The van der Waals surface area contributed by atoms with E-state index in [1.807, 2.05) is 0 Å². The molecule has 0 fully saturated rings. The number of nitrogens with one attached hydrogen (secondary N) is 1. The summed E-state index contributed by atoms with van der Waals surface area (Å²) in [6.07, 6.45) is 2.28. The van der Waals surface area contributed by atoms with Crippen LogP contribution in [0.5, 0.6) is 0 Å². The zero-order chi connectivity index (χ0) is 16.1. The number of halogens is 2. The minimum atomic E-state index is -1.22. The number of carbonyl (C=O) groups excluding carboxylic acids is 1. The number of aliphatic carboxylic acids is 1. The van der Waals surface area contributed by atoms with Crippen LogP contribution in [0.25, 0.3) is 0 Å². The van der Waals surface area contributed by atoms with Crippen molar-refractivity contribution in [1.82, 2.24) is 10.3 Å². The molecule has 2 rings (SSSR count). The van der Waals surface area contributed by atoms with Crippen LogP contribution in [0.2, 0.25) is 0 Å². The van der Waals surface area contributed by atoms with E-state index in [9.17, 15) is 18.4 Å². The Labute approximate surface area is 124 Å². The number of nitrogens with zero attached hydrogens (tertiary/aromatic N) is 1. The van der Waals surface area contributed by atoms with Crippen molar-refractivity contribution >= 4 is 11.9 Å². The molecule has 1 amide bonds. The highest BCUT2D eigenvalue weighted by atomic mass is 19.1. The van der Waals surface area contributed by atoms with Crippen molar-refractivity contribution in [3.05, 3.63) is 65.5 Å². The van der Waals surface area contributed by atoms with E-state index in [1.165, 1.54) is 24.5 Å². The van der Waals surface area contributed by atoms with Crippen molar-refractivity contribution in [2.24, 2.45) is 0 Å². The van der Waals surface area contributed by atoms with Crippen molar-refractivity contribution in [3.8, 4) is 0 Å². The van der Waals surface area contributed by atoms with Gasteiger partial charge in [-0.3, -0.25) is 14.6 Å². The molecule has 1 aromatic heterocycles. The molecule has 0 spiro atoms. The van der Waals surface area contributed by atoms with Gasteiger partial charge >= 0.3 is 5.97 Å². The van der Waals surface area contributed by atoms with Crippen molar-refractivity contribution in [2.45, 2.75) is 12.5 Å². The Morgan fingerprint density at radius 3 is 2.45 bits per heavy atom. The lowest BCUT2D eigenvalue weighted by Crippen LogP contribution is -2.30. The highest BCUT2D eigenvalue weighted by Gasteiger charge is 2.22. The number of rotatable bonds is 5. The predicted octanol–water partition coefficient (Wildman–Crippen LogP) is 2.31. The summed E-state index contributed by atoms with van der Waals surface area (Å²) in [5, 5.41) is 11.3. The van der Waals surface area contributed by atoms with Crippen LogP contribution in [0.15, 0.2) is 42.7 Å². The quantitative estimate of drug-likeness (QED) is 0.888. The van der Waals surface area contributed by atoms with E-state index in [1.54, 1.807) is 0 Å². The SMILES string of the molecule is O=C(O)CC(NC(=O)c1ccncc1)c1ccc(F)cc1F. The molecule has 22 heavy (non-hydrogen) atoms. The topological polar surface area (TPSA) is 79.3 Å². The Kier molecular flexibility index (Phi) is 4.77. The maximum atomic E-state index is 13.8. The van der Waals surface area contributed by atoms with Crippen LogP contribution < -0.4 is 5.32 Å². The van der Waals surface area contributed by atoms with E-state index in [4.69, 9.17) is 5.11 Å². The maximum Gasteiger partial charge on any atom is 0.305 e. The Hall–Kier alpha value is -2.83. The van der Waals surface area contributed by atoms with Gasteiger partial charge < -0.3 is 10.4 Å². The summed E-state index contributed by atoms with van der Waals surface area (Å²) in [4.78, 5) is 26.7. The first-order valence-corrected chi connectivity index (χ1v) is 6.35. The first kappa shape index (κ1) is 15.6. The van der Waals surface area contributed by atoms with Gasteiger partial charge in [0.05, 0.1) is 12.5 Å². The molecular weight excluding hydrogens is 294 g/mol. The zero-order valence-electron chi connectivity index (χ0n) is 11.3. The van der Waals surface area contributed by atoms with Gasteiger partial charge in [0.2, 0.25) is 0 Å². The van der Waals surface area contributed by atoms with Crippen molar-refractivity contribution in [2.75, 3.05) is 0 Å². The van der Waals surface area contributed by atoms with Crippen LogP contribution in [0.1, 0.15) is 28.4 Å². The van der Waals surface area contributed by atoms with Crippen LogP contribution in [-0.2, 0) is 4.79 Å². The van der Waals surface area contributed by atoms with Gasteiger partial charge in [-0.2, -0.15) is 0 Å². The number of benzene rings is 1. The van der Waals surface area contributed by atoms with Crippen molar-refractivity contribution in [1.29, 1.82) is 0 Å². The van der Waals surface area contributed by atoms with Gasteiger partial charge in [-0.15, -0.1) is 0 Å². The molecule has 0 aliphatic heterocycles. The summed E-state index contributed by atoms with van der Waals surface area (Å²) < 4.78 is 26.8. The molecule has 2 aromatic rings. The fraction of sp³-hybridized carbons (Fsp3) is 0.133. The Morgan fingerprint density at radius 2 is 1.86 bits per heavy atom. The smallest absolute Gasteiger partial charge is 0.305 e. The number of carboxylic acid groups (broad SMARTS) is 1.